The van der Waals surface area contributed by atoms with E-state index in [1.54, 1.807) is 0 Å². The lowest BCUT2D eigenvalue weighted by atomic mass is 10.1. The second-order valence-corrected chi connectivity index (χ2v) is 4.38. The highest BCUT2D eigenvalue weighted by Gasteiger charge is 2.02. The van der Waals surface area contributed by atoms with Crippen LogP contribution in [0, 0.1) is 19.3 Å². The molecule has 1 aromatic rings. The van der Waals surface area contributed by atoms with Crippen molar-refractivity contribution < 1.29 is 4.79 Å². The molecule has 0 atom stereocenters. The van der Waals surface area contributed by atoms with E-state index >= 15 is 0 Å². The molecule has 0 aromatic carbocycles. The molecule has 0 radical (unpaired) electrons. The van der Waals surface area contributed by atoms with Crippen molar-refractivity contribution >= 4 is 5.91 Å². The Kier molecular flexibility index (Phi) is 6.63. The Morgan fingerprint density at radius 2 is 2.33 bits per heavy atom. The summed E-state index contributed by atoms with van der Waals surface area (Å²) in [5.74, 6) is 2.70. The molecule has 1 aromatic heterocycles. The Hall–Kier alpha value is -1.76. The van der Waals surface area contributed by atoms with Gasteiger partial charge in [0.15, 0.2) is 0 Å². The summed E-state index contributed by atoms with van der Waals surface area (Å²) in [6, 6.07) is 0. The Morgan fingerprint density at radius 1 is 1.50 bits per heavy atom. The molecule has 18 heavy (non-hydrogen) atoms. The van der Waals surface area contributed by atoms with Gasteiger partial charge in [-0.15, -0.1) is 12.3 Å². The molecule has 0 aliphatic rings. The predicted molar refractivity (Wildman–Crippen MR) is 72.0 cm³/mol. The number of aryl methyl sites for hydroxylation is 2. The molecule has 0 fully saturated rings. The van der Waals surface area contributed by atoms with Crippen molar-refractivity contribution in [2.75, 3.05) is 6.54 Å². The van der Waals surface area contributed by atoms with E-state index in [-0.39, 0.29) is 5.91 Å². The maximum atomic E-state index is 11.5. The van der Waals surface area contributed by atoms with Gasteiger partial charge in [-0.3, -0.25) is 9.89 Å². The number of hydrogen-bond acceptors (Lipinski definition) is 2. The van der Waals surface area contributed by atoms with Crippen LogP contribution in [0.1, 0.15) is 43.4 Å². The van der Waals surface area contributed by atoms with Gasteiger partial charge in [-0.2, -0.15) is 5.10 Å². The van der Waals surface area contributed by atoms with Crippen molar-refractivity contribution in [1.82, 2.24) is 15.5 Å². The zero-order valence-corrected chi connectivity index (χ0v) is 11.0. The Morgan fingerprint density at radius 3 is 3.00 bits per heavy atom. The molecule has 4 heteroatoms. The largest absolute Gasteiger partial charge is 0.356 e. The molecule has 1 heterocycles. The van der Waals surface area contributed by atoms with Gasteiger partial charge >= 0.3 is 0 Å². The van der Waals surface area contributed by atoms with Gasteiger partial charge in [0.1, 0.15) is 0 Å². The van der Waals surface area contributed by atoms with E-state index in [0.29, 0.717) is 6.42 Å². The van der Waals surface area contributed by atoms with Crippen LogP contribution in [0.25, 0.3) is 0 Å². The minimum absolute atomic E-state index is 0.121. The first-order valence-electron chi connectivity index (χ1n) is 6.43. The average Bonchev–Trinajstić information content (AvgIpc) is 2.76. The first-order chi connectivity index (χ1) is 8.74. The number of carbonyl (C=O) groups is 1. The van der Waals surface area contributed by atoms with Crippen molar-refractivity contribution in [2.24, 2.45) is 0 Å². The Labute approximate surface area is 109 Å². The third-order valence-electron chi connectivity index (χ3n) is 2.85. The molecule has 0 aliphatic carbocycles. The summed E-state index contributed by atoms with van der Waals surface area (Å²) in [6.45, 7) is 2.73. The van der Waals surface area contributed by atoms with Crippen molar-refractivity contribution in [3.8, 4) is 12.3 Å². The fourth-order valence-electron chi connectivity index (χ4n) is 1.74. The van der Waals surface area contributed by atoms with Gasteiger partial charge in [0.05, 0.1) is 6.20 Å². The minimum atomic E-state index is 0.121. The van der Waals surface area contributed by atoms with Crippen molar-refractivity contribution in [3.63, 3.8) is 0 Å². The molecule has 4 nitrogen and oxygen atoms in total. The average molecular weight is 247 g/mol. The van der Waals surface area contributed by atoms with Crippen LogP contribution in [0.3, 0.4) is 0 Å². The van der Waals surface area contributed by atoms with Gasteiger partial charge in [-0.25, -0.2) is 0 Å². The van der Waals surface area contributed by atoms with Crippen LogP contribution in [0.15, 0.2) is 6.20 Å². The number of aromatic amines is 1. The lowest BCUT2D eigenvalue weighted by Gasteiger charge is -2.04. The van der Waals surface area contributed by atoms with Gasteiger partial charge in [-0.1, -0.05) is 0 Å². The molecule has 98 valence electrons. The molecule has 0 aliphatic heterocycles. The zero-order chi connectivity index (χ0) is 13.2. The maximum absolute atomic E-state index is 11.5. The molecular formula is C14H21N3O. The lowest BCUT2D eigenvalue weighted by molar-refractivity contribution is -0.121. The summed E-state index contributed by atoms with van der Waals surface area (Å²) in [5, 5.41) is 9.79. The van der Waals surface area contributed by atoms with Gasteiger partial charge in [0.25, 0.3) is 0 Å². The number of terminal acetylenes is 1. The number of unbranched alkanes of at least 4 members (excludes halogenated alkanes) is 2. The van der Waals surface area contributed by atoms with E-state index in [2.05, 4.69) is 21.4 Å². The number of nitrogens with zero attached hydrogens (tertiary/aromatic N) is 1. The predicted octanol–water partition coefficient (Wildman–Crippen LogP) is 1.96. The van der Waals surface area contributed by atoms with Crippen LogP contribution in [0.4, 0.5) is 0 Å². The molecule has 0 unspecified atom stereocenters. The number of carbonyl (C=O) groups excluding carboxylic acids is 1. The van der Waals surface area contributed by atoms with Crippen LogP contribution >= 0.6 is 0 Å². The number of nitrogens with one attached hydrogen (secondary N) is 2. The minimum Gasteiger partial charge on any atom is -0.356 e. The molecule has 0 saturated heterocycles. The molecule has 1 rings (SSSR count). The fraction of sp³-hybridized carbons (Fsp3) is 0.571. The van der Waals surface area contributed by atoms with Gasteiger partial charge in [0, 0.05) is 25.1 Å². The lowest BCUT2D eigenvalue weighted by Crippen LogP contribution is -2.24. The Balaban J connectivity index is 2.02. The van der Waals surface area contributed by atoms with E-state index in [0.717, 1.165) is 44.3 Å². The zero-order valence-electron chi connectivity index (χ0n) is 11.0. The second-order valence-electron chi connectivity index (χ2n) is 4.38. The first-order valence-corrected chi connectivity index (χ1v) is 6.43. The monoisotopic (exact) mass is 247 g/mol. The highest BCUT2D eigenvalue weighted by atomic mass is 16.1. The SMILES string of the molecule is C#CCCCCC(=O)NCCCc1cn[nH]c1C. The van der Waals surface area contributed by atoms with Crippen LogP contribution in [0.2, 0.25) is 0 Å². The van der Waals surface area contributed by atoms with Crippen molar-refractivity contribution in [1.29, 1.82) is 0 Å². The van der Waals surface area contributed by atoms with E-state index in [9.17, 15) is 4.79 Å². The third kappa shape index (κ3) is 5.53. The molecule has 0 saturated carbocycles. The highest BCUT2D eigenvalue weighted by Crippen LogP contribution is 2.05. The maximum Gasteiger partial charge on any atom is 0.219 e. The number of H-pyrrole nitrogens is 1. The first kappa shape index (κ1) is 14.3. The summed E-state index contributed by atoms with van der Waals surface area (Å²) < 4.78 is 0. The summed E-state index contributed by atoms with van der Waals surface area (Å²) in [7, 11) is 0. The number of rotatable bonds is 8. The van der Waals surface area contributed by atoms with E-state index in [1.165, 1.54) is 5.56 Å². The number of aromatic nitrogens is 2. The van der Waals surface area contributed by atoms with Crippen molar-refractivity contribution in [2.45, 2.75) is 45.4 Å². The van der Waals surface area contributed by atoms with Crippen LogP contribution in [-0.4, -0.2) is 22.6 Å². The van der Waals surface area contributed by atoms with E-state index in [1.807, 2.05) is 13.1 Å². The van der Waals surface area contributed by atoms with Gasteiger partial charge < -0.3 is 5.32 Å². The smallest absolute Gasteiger partial charge is 0.219 e. The standard InChI is InChI=1S/C14H21N3O/c1-3-4-5-6-9-14(18)15-10-7-8-13-11-16-17-12(13)2/h1,11H,4-10H2,2H3,(H,15,18)(H,16,17). The topological polar surface area (TPSA) is 57.8 Å². The normalized spacial score (nSPS) is 10.0. The summed E-state index contributed by atoms with van der Waals surface area (Å²) in [5.41, 5.74) is 2.33. The molecule has 1 amide bonds. The number of hydrogen-bond donors (Lipinski definition) is 2. The quantitative estimate of drug-likeness (QED) is 0.545. The van der Waals surface area contributed by atoms with Crippen LogP contribution in [-0.2, 0) is 11.2 Å². The van der Waals surface area contributed by atoms with Crippen LogP contribution in [0.5, 0.6) is 0 Å². The van der Waals surface area contributed by atoms with E-state index in [4.69, 9.17) is 6.42 Å². The molecule has 2 N–H and O–H groups in total. The van der Waals surface area contributed by atoms with Gasteiger partial charge in [-0.05, 0) is 38.2 Å². The molecular weight excluding hydrogens is 226 g/mol. The molecule has 0 spiro atoms. The summed E-state index contributed by atoms with van der Waals surface area (Å²) >= 11 is 0. The summed E-state index contributed by atoms with van der Waals surface area (Å²) in [4.78, 5) is 11.5. The third-order valence-corrected chi connectivity index (χ3v) is 2.85. The number of amides is 1. The fourth-order valence-corrected chi connectivity index (χ4v) is 1.74. The Bertz CT molecular complexity index is 403. The second kappa shape index (κ2) is 8.35. The van der Waals surface area contributed by atoms with Gasteiger partial charge in [0.2, 0.25) is 5.91 Å². The molecule has 0 bridgehead atoms. The van der Waals surface area contributed by atoms with Crippen molar-refractivity contribution in [3.05, 3.63) is 17.5 Å². The van der Waals surface area contributed by atoms with Crippen LogP contribution < -0.4 is 5.32 Å². The highest BCUT2D eigenvalue weighted by molar-refractivity contribution is 5.75. The van der Waals surface area contributed by atoms with E-state index < -0.39 is 0 Å². The summed E-state index contributed by atoms with van der Waals surface area (Å²) in [6.07, 6.45) is 12.0.